The zero-order chi connectivity index (χ0) is 13.1. The number of rotatable bonds is 6. The van der Waals surface area contributed by atoms with Crippen LogP contribution in [0.5, 0.6) is 5.75 Å². The third kappa shape index (κ3) is 3.49. The lowest BCUT2D eigenvalue weighted by Gasteiger charge is -2.23. The highest BCUT2D eigenvalue weighted by molar-refractivity contribution is 5.35. The Morgan fingerprint density at radius 3 is 2.39 bits per heavy atom. The molecule has 0 heterocycles. The molecule has 100 valence electrons. The van der Waals surface area contributed by atoms with Gasteiger partial charge in [0.2, 0.25) is 0 Å². The number of hydrogen-bond donors (Lipinski definition) is 1. The first kappa shape index (κ1) is 13.4. The lowest BCUT2D eigenvalue weighted by Crippen LogP contribution is -2.30. The van der Waals surface area contributed by atoms with Gasteiger partial charge >= 0.3 is 0 Å². The normalized spacial score (nSPS) is 18.7. The number of benzene rings is 1. The van der Waals surface area contributed by atoms with Crippen molar-refractivity contribution in [3.63, 3.8) is 0 Å². The van der Waals surface area contributed by atoms with Gasteiger partial charge in [0.25, 0.3) is 0 Å². The summed E-state index contributed by atoms with van der Waals surface area (Å²) in [5.74, 6) is 1.89. The maximum absolute atomic E-state index is 5.88. The third-order valence-electron chi connectivity index (χ3n) is 3.59. The Balaban J connectivity index is 2.05. The van der Waals surface area contributed by atoms with Gasteiger partial charge in [0.05, 0.1) is 6.10 Å². The van der Waals surface area contributed by atoms with E-state index in [-0.39, 0.29) is 6.10 Å². The van der Waals surface area contributed by atoms with Crippen LogP contribution in [0.25, 0.3) is 0 Å². The first-order valence-corrected chi connectivity index (χ1v) is 7.09. The molecule has 2 nitrogen and oxygen atoms in total. The summed E-state index contributed by atoms with van der Waals surface area (Å²) in [6.07, 6.45) is 2.98. The van der Waals surface area contributed by atoms with E-state index in [1.807, 2.05) is 6.07 Å². The highest BCUT2D eigenvalue weighted by atomic mass is 16.5. The van der Waals surface area contributed by atoms with Gasteiger partial charge in [0.15, 0.2) is 0 Å². The van der Waals surface area contributed by atoms with E-state index in [0.29, 0.717) is 12.1 Å². The van der Waals surface area contributed by atoms with Gasteiger partial charge < -0.3 is 10.1 Å². The molecule has 1 aromatic carbocycles. The lowest BCUT2D eigenvalue weighted by atomic mass is 10.1. The number of ether oxygens (including phenoxy) is 1. The average Bonchev–Trinajstić information content (AvgIpc) is 3.12. The molecule has 0 bridgehead atoms. The van der Waals surface area contributed by atoms with Crippen LogP contribution in [0, 0.1) is 5.92 Å². The van der Waals surface area contributed by atoms with E-state index < -0.39 is 0 Å². The largest absolute Gasteiger partial charge is 0.491 e. The van der Waals surface area contributed by atoms with E-state index in [4.69, 9.17) is 4.74 Å². The molecular weight excluding hydrogens is 222 g/mol. The molecule has 2 heteroatoms. The maximum Gasteiger partial charge on any atom is 0.124 e. The fraction of sp³-hybridized carbons (Fsp3) is 0.625. The summed E-state index contributed by atoms with van der Waals surface area (Å²) in [7, 11) is 0. The number of hydrogen-bond acceptors (Lipinski definition) is 2. The van der Waals surface area contributed by atoms with Crippen LogP contribution in [-0.2, 0) is 0 Å². The Hall–Kier alpha value is -1.02. The monoisotopic (exact) mass is 247 g/mol. The van der Waals surface area contributed by atoms with Crippen LogP contribution < -0.4 is 10.1 Å². The van der Waals surface area contributed by atoms with Crippen LogP contribution >= 0.6 is 0 Å². The molecule has 1 aliphatic carbocycles. The smallest absolute Gasteiger partial charge is 0.124 e. The third-order valence-corrected chi connectivity index (χ3v) is 3.59. The molecule has 0 spiro atoms. The molecule has 1 aliphatic rings. The zero-order valence-corrected chi connectivity index (χ0v) is 11.9. The minimum absolute atomic E-state index is 0.221. The lowest BCUT2D eigenvalue weighted by molar-refractivity contribution is 0.237. The fourth-order valence-electron chi connectivity index (χ4n) is 2.42. The Labute approximate surface area is 111 Å². The first-order chi connectivity index (χ1) is 8.58. The Morgan fingerprint density at radius 2 is 1.78 bits per heavy atom. The molecule has 0 radical (unpaired) electrons. The van der Waals surface area contributed by atoms with Crippen LogP contribution in [0.2, 0.25) is 0 Å². The average molecular weight is 247 g/mol. The fourth-order valence-corrected chi connectivity index (χ4v) is 2.42. The Bertz CT molecular complexity index is 384. The van der Waals surface area contributed by atoms with Crippen molar-refractivity contribution in [2.75, 3.05) is 0 Å². The van der Waals surface area contributed by atoms with E-state index in [2.05, 4.69) is 51.2 Å². The van der Waals surface area contributed by atoms with Gasteiger partial charge in [-0.25, -0.2) is 0 Å². The predicted octanol–water partition coefficient (Wildman–Crippen LogP) is 3.92. The van der Waals surface area contributed by atoms with Crippen molar-refractivity contribution in [1.29, 1.82) is 0 Å². The van der Waals surface area contributed by atoms with Crippen LogP contribution in [0.1, 0.15) is 52.1 Å². The van der Waals surface area contributed by atoms with Crippen LogP contribution in [0.3, 0.4) is 0 Å². The van der Waals surface area contributed by atoms with Crippen molar-refractivity contribution in [1.82, 2.24) is 5.32 Å². The molecule has 0 amide bonds. The predicted molar refractivity (Wildman–Crippen MR) is 75.9 cm³/mol. The van der Waals surface area contributed by atoms with Crippen molar-refractivity contribution < 1.29 is 4.74 Å². The summed E-state index contributed by atoms with van der Waals surface area (Å²) < 4.78 is 5.88. The molecule has 1 aromatic rings. The second kappa shape index (κ2) is 5.75. The number of nitrogens with one attached hydrogen (secondary N) is 1. The van der Waals surface area contributed by atoms with Crippen molar-refractivity contribution in [2.45, 2.75) is 58.7 Å². The Morgan fingerprint density at radius 1 is 1.11 bits per heavy atom. The second-order valence-electron chi connectivity index (χ2n) is 5.72. The molecular formula is C16H25NO. The molecule has 0 aromatic heterocycles. The summed E-state index contributed by atoms with van der Waals surface area (Å²) in [4.78, 5) is 0. The summed E-state index contributed by atoms with van der Waals surface area (Å²) in [5.41, 5.74) is 1.26. The highest BCUT2D eigenvalue weighted by Crippen LogP contribution is 2.34. The van der Waals surface area contributed by atoms with Gasteiger partial charge in [0.1, 0.15) is 5.75 Å². The van der Waals surface area contributed by atoms with Crippen molar-refractivity contribution in [3.8, 4) is 5.75 Å². The summed E-state index contributed by atoms with van der Waals surface area (Å²) >= 11 is 0. The van der Waals surface area contributed by atoms with E-state index in [1.54, 1.807) is 0 Å². The molecule has 0 saturated heterocycles. The van der Waals surface area contributed by atoms with Gasteiger partial charge in [-0.05, 0) is 52.5 Å². The summed E-state index contributed by atoms with van der Waals surface area (Å²) in [6.45, 7) is 8.66. The van der Waals surface area contributed by atoms with Gasteiger partial charge in [-0.2, -0.15) is 0 Å². The van der Waals surface area contributed by atoms with Crippen LogP contribution in [0.15, 0.2) is 24.3 Å². The van der Waals surface area contributed by atoms with Gasteiger partial charge in [0, 0.05) is 17.6 Å². The van der Waals surface area contributed by atoms with Crippen molar-refractivity contribution >= 4 is 0 Å². The standard InChI is InChI=1S/C16H25NO/c1-11(2)18-16-8-6-5-7-15(16)13(4)17-12(3)14-9-10-14/h5-8,11-14,17H,9-10H2,1-4H3. The van der Waals surface area contributed by atoms with Crippen LogP contribution in [-0.4, -0.2) is 12.1 Å². The molecule has 1 saturated carbocycles. The van der Waals surface area contributed by atoms with E-state index in [1.165, 1.54) is 18.4 Å². The molecule has 0 aliphatic heterocycles. The number of para-hydroxylation sites is 1. The quantitative estimate of drug-likeness (QED) is 0.822. The van der Waals surface area contributed by atoms with E-state index >= 15 is 0 Å². The molecule has 18 heavy (non-hydrogen) atoms. The molecule has 2 atom stereocenters. The van der Waals surface area contributed by atoms with Gasteiger partial charge in [-0.3, -0.25) is 0 Å². The zero-order valence-electron chi connectivity index (χ0n) is 11.9. The SMILES string of the molecule is CC(C)Oc1ccccc1C(C)NC(C)C1CC1. The molecule has 2 rings (SSSR count). The molecule has 1 fully saturated rings. The first-order valence-electron chi connectivity index (χ1n) is 7.09. The molecule has 2 unspecified atom stereocenters. The Kier molecular flexibility index (Phi) is 4.28. The van der Waals surface area contributed by atoms with Crippen molar-refractivity contribution in [3.05, 3.63) is 29.8 Å². The van der Waals surface area contributed by atoms with Crippen LogP contribution in [0.4, 0.5) is 0 Å². The van der Waals surface area contributed by atoms with Gasteiger partial charge in [-0.1, -0.05) is 18.2 Å². The van der Waals surface area contributed by atoms with E-state index in [9.17, 15) is 0 Å². The van der Waals surface area contributed by atoms with Crippen molar-refractivity contribution in [2.24, 2.45) is 5.92 Å². The summed E-state index contributed by atoms with van der Waals surface area (Å²) in [5, 5.41) is 3.69. The topological polar surface area (TPSA) is 21.3 Å². The minimum atomic E-state index is 0.221. The second-order valence-corrected chi connectivity index (χ2v) is 5.72. The summed E-state index contributed by atoms with van der Waals surface area (Å²) in [6, 6.07) is 9.30. The molecule has 1 N–H and O–H groups in total. The highest BCUT2D eigenvalue weighted by Gasteiger charge is 2.29. The van der Waals surface area contributed by atoms with Gasteiger partial charge in [-0.15, -0.1) is 0 Å². The van der Waals surface area contributed by atoms with E-state index in [0.717, 1.165) is 11.7 Å². The maximum atomic E-state index is 5.88. The minimum Gasteiger partial charge on any atom is -0.491 e.